The summed E-state index contributed by atoms with van der Waals surface area (Å²) in [5.41, 5.74) is 22.6. The Bertz CT molecular complexity index is 4810. The Morgan fingerprint density at radius 3 is 1.74 bits per heavy atom. The van der Waals surface area contributed by atoms with Crippen LogP contribution in [0, 0.1) is 5.92 Å². The zero-order chi connectivity index (χ0) is 100. The lowest BCUT2D eigenvalue weighted by Crippen LogP contribution is -2.61. The molecule has 16 N–H and O–H groups in total. The number of nitrogens with one attached hydrogen (secondary N) is 10. The number of hydrogen-bond acceptors (Lipinski definition) is 26. The minimum atomic E-state index is -1.79. The minimum absolute atomic E-state index is 0.00532. The van der Waals surface area contributed by atoms with Gasteiger partial charge in [0.15, 0.2) is 11.5 Å². The molecule has 0 saturated carbocycles. The van der Waals surface area contributed by atoms with Gasteiger partial charge in [0.25, 0.3) is 0 Å². The molecular weight excluding hydrogens is 1810 g/mol. The van der Waals surface area contributed by atoms with Gasteiger partial charge in [-0.1, -0.05) is 88.4 Å². The maximum Gasteiger partial charge on any atom is 0.246 e. The van der Waals surface area contributed by atoms with Gasteiger partial charge in [-0.2, -0.15) is 16.3 Å². The molecule has 1 unspecified atom stereocenters. The first-order valence-corrected chi connectivity index (χ1v) is 48.7. The first kappa shape index (κ1) is 112. The molecule has 0 radical (unpaired) electrons. The number of likely N-dealkylation sites (N-methyl/N-ethyl adjacent to an activating group) is 1. The number of likely N-dealkylation sites (tertiary alicyclic amines) is 1. The first-order valence-electron chi connectivity index (χ1n) is 47.5. The van der Waals surface area contributed by atoms with E-state index in [0.717, 1.165) is 45.7 Å². The molecule has 0 spiro atoms. The van der Waals surface area contributed by atoms with Crippen molar-refractivity contribution in [3.63, 3.8) is 0 Å². The summed E-state index contributed by atoms with van der Waals surface area (Å²) in [5.74, 6) is -10.8. The van der Waals surface area contributed by atoms with Gasteiger partial charge in [-0.3, -0.25) is 71.9 Å². The second-order valence-electron chi connectivity index (χ2n) is 35.2. The number of rotatable bonds is 55. The molecule has 14 amide bonds. The van der Waals surface area contributed by atoms with Crippen LogP contribution >= 0.6 is 11.8 Å². The largest absolute Gasteiger partial charge is 0.871 e. The number of Topliss-reactive ketones (excluding diaryl/α,β-unsaturated/α-hetero) is 1. The van der Waals surface area contributed by atoms with Crippen LogP contribution in [0.1, 0.15) is 161 Å². The van der Waals surface area contributed by atoms with Gasteiger partial charge < -0.3 is 123 Å². The summed E-state index contributed by atoms with van der Waals surface area (Å²) in [6, 6.07) is 13.1. The zero-order valence-electron chi connectivity index (χ0n) is 80.6. The van der Waals surface area contributed by atoms with E-state index >= 15 is 0 Å². The van der Waals surface area contributed by atoms with E-state index in [-0.39, 0.29) is 155 Å². The number of benzene rings is 3. The van der Waals surface area contributed by atoms with Crippen molar-refractivity contribution in [2.45, 2.75) is 204 Å². The van der Waals surface area contributed by atoms with Crippen molar-refractivity contribution < 1.29 is 119 Å². The van der Waals surface area contributed by atoms with E-state index in [1.807, 2.05) is 30.3 Å². The van der Waals surface area contributed by atoms with Crippen molar-refractivity contribution in [2.75, 3.05) is 162 Å². The Hall–Kier alpha value is -11.7. The van der Waals surface area contributed by atoms with Crippen LogP contribution in [0.5, 0.6) is 5.75 Å². The first-order chi connectivity index (χ1) is 66.2. The second kappa shape index (κ2) is 57.6. The smallest absolute Gasteiger partial charge is 0.246 e. The fourth-order valence-electron chi connectivity index (χ4n) is 16.5. The second-order valence-corrected chi connectivity index (χ2v) is 36.3. The fourth-order valence-corrected chi connectivity index (χ4v) is 17.5. The van der Waals surface area contributed by atoms with Crippen LogP contribution in [0.3, 0.4) is 0 Å². The topological polar surface area (TPSA) is 561 Å². The molecule has 1 aliphatic carbocycles. The van der Waals surface area contributed by atoms with Crippen molar-refractivity contribution in [1.29, 1.82) is 0 Å². The summed E-state index contributed by atoms with van der Waals surface area (Å²) in [5, 5.41) is 40.4. The highest BCUT2D eigenvalue weighted by molar-refractivity contribution is 7.99. The lowest BCUT2D eigenvalue weighted by atomic mass is 9.77. The molecule has 5 aliphatic rings. The third-order valence-corrected chi connectivity index (χ3v) is 25.5. The molecule has 2 fully saturated rings. The van der Waals surface area contributed by atoms with Gasteiger partial charge in [0.1, 0.15) is 54.6 Å². The number of unbranched alkanes of at least 4 members (excludes halogenated alkanes) is 1. The number of nitrogens with zero attached hydrogens (tertiary/aromatic N) is 3. The average Bonchev–Trinajstić information content (AvgIpc) is 1.56. The predicted octanol–water partition coefficient (Wildman–Crippen LogP) is 0.550. The van der Waals surface area contributed by atoms with Crippen molar-refractivity contribution in [3.05, 3.63) is 124 Å². The van der Waals surface area contributed by atoms with Crippen molar-refractivity contribution in [1.82, 2.24) is 58.1 Å². The highest BCUT2D eigenvalue weighted by Gasteiger charge is 2.48. The number of thioether (sulfide) groups is 1. The summed E-state index contributed by atoms with van der Waals surface area (Å²) >= 11 is 1.14. The molecule has 4 aliphatic heterocycles. The van der Waals surface area contributed by atoms with E-state index in [9.17, 15) is 77.0 Å². The van der Waals surface area contributed by atoms with Gasteiger partial charge >= 0.3 is 0 Å². The molecule has 0 bridgehead atoms. The number of carbonyl (C=O) groups excluding carboxylic acids is 15. The lowest BCUT2D eigenvalue weighted by Gasteiger charge is -2.32. The Morgan fingerprint density at radius 2 is 1.16 bits per heavy atom. The highest BCUT2D eigenvalue weighted by atomic mass is 32.2. The normalized spacial score (nSPS) is 20.1. The van der Waals surface area contributed by atoms with E-state index in [1.165, 1.54) is 12.0 Å². The van der Waals surface area contributed by atoms with Crippen LogP contribution in [-0.4, -0.2) is 303 Å². The minimum Gasteiger partial charge on any atom is -0.871 e. The summed E-state index contributed by atoms with van der Waals surface area (Å²) < 4.78 is 46.5. The standard InChI is InChI=1S/C97H140N16O24S/c1-9-62(3)86-94(128)107-70(32-33-79(98)114)90(124)108-72(59-80(99)115)91(125)109-73(61-138-55-19-27-85(120)105-71(92(126)110-86)56-63-28-30-64(130-8)31-29-63)95(129)113-40-17-25-76(113)93(127)106-69(89(123)104-60-81(100)116)22-15-16-36-101-83(118)34-35-84(119)103-38-42-132-44-46-134-48-50-136-52-54-137-53-51-135-49-47-133-45-43-131-41-37-102-82(117)26-18-39-112-75-24-14-12-21-68(75)97(6,7)78(112)58-66-87(121)65(88(66)122)57-77-96(4,5)67-20-11-13-23-74(67)111(77)10-2/h11-14,20-21,23-24,28-31,57-58,62,69-73,76,86H,9-10,15-19,22,25-27,32-56,59-61H2,1-8H3,(H16-,98,99,100,101,102,103,104,105,106,107,108,109,110,114,115,116,117,118,119,120,121,122,123,124,125,126,127,128)/t62-,69-,70?,71-,72-,73-,76-,86-/m0/s1. The quantitative estimate of drug-likeness (QED) is 0.0208. The van der Waals surface area contributed by atoms with Crippen molar-refractivity contribution in [2.24, 2.45) is 23.1 Å². The number of para-hydroxylation sites is 2. The number of ketones is 1. The monoisotopic (exact) mass is 1940 g/mol. The third-order valence-electron chi connectivity index (χ3n) is 24.3. The van der Waals surface area contributed by atoms with Crippen LogP contribution in [0.2, 0.25) is 0 Å². The number of fused-ring (bicyclic) bond motifs is 2. The molecule has 41 heteroatoms. The van der Waals surface area contributed by atoms with Gasteiger partial charge in [-0.05, 0) is 113 Å². The lowest BCUT2D eigenvalue weighted by molar-refractivity contribution is -0.438. The summed E-state index contributed by atoms with van der Waals surface area (Å²) in [6.45, 7) is 19.8. The highest BCUT2D eigenvalue weighted by Crippen LogP contribution is 2.49. The van der Waals surface area contributed by atoms with Crippen LogP contribution < -0.4 is 85.1 Å². The zero-order valence-corrected chi connectivity index (χ0v) is 81.4. The molecule has 40 nitrogen and oxygen atoms in total. The number of hydrogen-bond donors (Lipinski definition) is 13. The van der Waals surface area contributed by atoms with Crippen LogP contribution in [0.15, 0.2) is 108 Å². The third kappa shape index (κ3) is 34.7. The SMILES string of the molecule is CC[C@H](C)[C@@H]1NC(=O)[C@H](Cc2ccc(OC)cc2)NC(=O)CCCSC[C@@H](C(=O)N2CCC[C@H]2C(=O)N[C@@H](CCCCNC(=O)CCC(=O)NCCOCCOCCOCCOCCOCCOCCOCCNC(=O)CCC[N+]2=C(/C=C3/C(=O)C(/C=C4/N(CC)c5ccccc5C4(C)C)=C3[O-])C(C)(C)c3ccccc32)C(=O)NCC(N)=O)NC(=O)[C@H](CC(N)=O)NC(=O)C(CCC(N)=O)NC1=O. The van der Waals surface area contributed by atoms with E-state index in [4.69, 9.17) is 55.1 Å². The number of allylic oxidation sites excluding steroid dienone is 5. The molecule has 0 aromatic heterocycles. The maximum absolute atomic E-state index is 14.9. The Balaban J connectivity index is 0.650. The van der Waals surface area contributed by atoms with Crippen molar-refractivity contribution in [3.8, 4) is 5.75 Å². The van der Waals surface area contributed by atoms with E-state index < -0.39 is 150 Å². The average molecular weight is 1950 g/mol. The molecule has 4 heterocycles. The number of amides is 14. The number of carbonyl (C=O) groups is 15. The Kier molecular flexibility index (Phi) is 46.6. The van der Waals surface area contributed by atoms with Crippen LogP contribution in [0.4, 0.5) is 11.4 Å². The van der Waals surface area contributed by atoms with Crippen LogP contribution in [-0.2, 0) is 122 Å². The van der Waals surface area contributed by atoms with Gasteiger partial charge in [0, 0.05) is 129 Å². The van der Waals surface area contributed by atoms with E-state index in [1.54, 1.807) is 50.3 Å². The Labute approximate surface area is 810 Å². The van der Waals surface area contributed by atoms with Gasteiger partial charge in [0.05, 0.1) is 118 Å². The summed E-state index contributed by atoms with van der Waals surface area (Å²) in [4.78, 5) is 206. The molecule has 8 atom stereocenters. The number of anilines is 1. The molecule has 8 rings (SSSR count). The molecule has 758 valence electrons. The fraction of sp³-hybridized carbons (Fsp3) is 0.588. The van der Waals surface area contributed by atoms with E-state index in [2.05, 4.69) is 115 Å². The molecule has 3 aromatic rings. The van der Waals surface area contributed by atoms with E-state index in [0.29, 0.717) is 123 Å². The molecule has 2 saturated heterocycles. The van der Waals surface area contributed by atoms with Gasteiger partial charge in [-0.15, -0.1) is 0 Å². The number of nitrogens with two attached hydrogens (primary N) is 3. The molecule has 3 aromatic carbocycles. The van der Waals surface area contributed by atoms with Gasteiger partial charge in [0.2, 0.25) is 88.4 Å². The summed E-state index contributed by atoms with van der Waals surface area (Å²) in [6.07, 6.45) is 3.75. The van der Waals surface area contributed by atoms with Crippen LogP contribution in [0.25, 0.3) is 0 Å². The Morgan fingerprint density at radius 1 is 0.594 bits per heavy atom. The number of ether oxygens (including phenoxy) is 8. The molecular formula is C97H140N16O24S. The van der Waals surface area contributed by atoms with Crippen molar-refractivity contribution >= 4 is 117 Å². The summed E-state index contributed by atoms with van der Waals surface area (Å²) in [7, 11) is 1.49. The molecule has 138 heavy (non-hydrogen) atoms. The number of primary amides is 3. The maximum atomic E-state index is 14.9. The van der Waals surface area contributed by atoms with Gasteiger partial charge in [-0.25, -0.2) is 0 Å². The predicted molar refractivity (Wildman–Crippen MR) is 511 cm³/mol. The number of methoxy groups -OCH3 is 1.